The molecule has 2 N–H and O–H groups in total. The average molecular weight is 358 g/mol. The third-order valence-electron chi connectivity index (χ3n) is 3.99. The summed E-state index contributed by atoms with van der Waals surface area (Å²) in [6.07, 6.45) is 6.42. The Bertz CT molecular complexity index is 827. The molecule has 3 aromatic rings. The molecular weight excluding hydrogens is 336 g/mol. The van der Waals surface area contributed by atoms with Gasteiger partial charge in [-0.15, -0.1) is 10.2 Å². The summed E-state index contributed by atoms with van der Waals surface area (Å²) in [5, 5.41) is 12.2. The highest BCUT2D eigenvalue weighted by Crippen LogP contribution is 2.19. The lowest BCUT2D eigenvalue weighted by molar-refractivity contribution is -0.121. The smallest absolute Gasteiger partial charge is 0.220 e. The second kappa shape index (κ2) is 8.71. The van der Waals surface area contributed by atoms with E-state index in [1.807, 2.05) is 24.6 Å². The number of amides is 1. The minimum Gasteiger partial charge on any atom is -0.425 e. The highest BCUT2D eigenvalue weighted by Gasteiger charge is 2.10. The number of benzene rings is 1. The molecule has 0 radical (unpaired) electrons. The predicted molar refractivity (Wildman–Crippen MR) is 99.7 cm³/mol. The van der Waals surface area contributed by atoms with Crippen LogP contribution >= 0.6 is 11.8 Å². The van der Waals surface area contributed by atoms with Crippen LogP contribution in [0.4, 0.5) is 0 Å². The molecule has 6 nitrogen and oxygen atoms in total. The molecule has 7 heteroatoms. The van der Waals surface area contributed by atoms with E-state index < -0.39 is 0 Å². The van der Waals surface area contributed by atoms with E-state index in [0.717, 1.165) is 17.7 Å². The Morgan fingerprint density at radius 2 is 2.00 bits per heavy atom. The quantitative estimate of drug-likeness (QED) is 0.575. The maximum Gasteiger partial charge on any atom is 0.220 e. The molecule has 0 aliphatic carbocycles. The summed E-state index contributed by atoms with van der Waals surface area (Å²) >= 11 is 1.71. The van der Waals surface area contributed by atoms with Gasteiger partial charge in [0.1, 0.15) is 0 Å². The molecule has 0 unspecified atom stereocenters. The van der Waals surface area contributed by atoms with E-state index in [2.05, 4.69) is 32.6 Å². The minimum absolute atomic E-state index is 0.0209. The Labute approximate surface area is 150 Å². The summed E-state index contributed by atoms with van der Waals surface area (Å²) in [5.74, 6) is 2.08. The first-order valence-corrected chi connectivity index (χ1v) is 9.77. The van der Waals surface area contributed by atoms with Crippen molar-refractivity contribution in [3.05, 3.63) is 47.8 Å². The molecule has 0 fully saturated rings. The van der Waals surface area contributed by atoms with E-state index >= 15 is 0 Å². The fourth-order valence-corrected chi connectivity index (χ4v) is 2.98. The number of H-pyrrole nitrogens is 1. The predicted octanol–water partition coefficient (Wildman–Crippen LogP) is 2.75. The largest absolute Gasteiger partial charge is 0.425 e. The third kappa shape index (κ3) is 4.85. The first-order valence-electron chi connectivity index (χ1n) is 8.38. The van der Waals surface area contributed by atoms with Crippen LogP contribution in [0.1, 0.15) is 23.8 Å². The number of thioether (sulfide) groups is 1. The number of nitrogens with zero attached hydrogens (tertiary/aromatic N) is 2. The molecule has 1 amide bonds. The third-order valence-corrected chi connectivity index (χ3v) is 4.60. The zero-order chi connectivity index (χ0) is 17.5. The highest BCUT2D eigenvalue weighted by molar-refractivity contribution is 7.98. The number of carbonyl (C=O) groups is 1. The summed E-state index contributed by atoms with van der Waals surface area (Å²) in [6, 6.07) is 8.23. The van der Waals surface area contributed by atoms with Gasteiger partial charge in [0.25, 0.3) is 0 Å². The van der Waals surface area contributed by atoms with Crippen molar-refractivity contribution in [3.63, 3.8) is 0 Å². The van der Waals surface area contributed by atoms with Crippen LogP contribution in [0.2, 0.25) is 0 Å². The summed E-state index contributed by atoms with van der Waals surface area (Å²) in [4.78, 5) is 15.0. The second-order valence-electron chi connectivity index (χ2n) is 5.79. The number of rotatable bonds is 9. The van der Waals surface area contributed by atoms with E-state index in [-0.39, 0.29) is 5.91 Å². The van der Waals surface area contributed by atoms with Gasteiger partial charge in [0.15, 0.2) is 0 Å². The molecule has 0 atom stereocenters. The van der Waals surface area contributed by atoms with E-state index in [4.69, 9.17) is 4.42 Å². The SMILES string of the molecule is CSCCNC(=O)CCc1nnc(CCc2c[nH]c3ccccc23)o1. The van der Waals surface area contributed by atoms with Gasteiger partial charge in [0, 0.05) is 48.7 Å². The number of aryl methyl sites for hydroxylation is 3. The Morgan fingerprint density at radius 3 is 2.84 bits per heavy atom. The normalized spacial score (nSPS) is 11.1. The Morgan fingerprint density at radius 1 is 1.20 bits per heavy atom. The van der Waals surface area contributed by atoms with E-state index in [1.54, 1.807) is 11.8 Å². The van der Waals surface area contributed by atoms with Gasteiger partial charge in [-0.3, -0.25) is 4.79 Å². The molecule has 0 saturated heterocycles. The number of para-hydroxylation sites is 1. The molecule has 0 aliphatic heterocycles. The summed E-state index contributed by atoms with van der Waals surface area (Å²) < 4.78 is 5.65. The molecule has 3 rings (SSSR count). The molecular formula is C18H22N4O2S. The molecule has 1 aromatic carbocycles. The number of hydrogen-bond acceptors (Lipinski definition) is 5. The van der Waals surface area contributed by atoms with Gasteiger partial charge in [0.2, 0.25) is 17.7 Å². The monoisotopic (exact) mass is 358 g/mol. The number of fused-ring (bicyclic) bond motifs is 1. The van der Waals surface area contributed by atoms with Crippen molar-refractivity contribution >= 4 is 28.6 Å². The number of hydrogen-bond donors (Lipinski definition) is 2. The summed E-state index contributed by atoms with van der Waals surface area (Å²) in [6.45, 7) is 0.694. The average Bonchev–Trinajstić information content (AvgIpc) is 3.25. The first kappa shape index (κ1) is 17.5. The highest BCUT2D eigenvalue weighted by atomic mass is 32.2. The molecule has 2 aromatic heterocycles. The van der Waals surface area contributed by atoms with E-state index in [9.17, 15) is 4.79 Å². The van der Waals surface area contributed by atoms with Crippen LogP contribution in [0, 0.1) is 0 Å². The minimum atomic E-state index is 0.0209. The van der Waals surface area contributed by atoms with Gasteiger partial charge in [-0.1, -0.05) is 18.2 Å². The summed E-state index contributed by atoms with van der Waals surface area (Å²) in [5.41, 5.74) is 2.37. The lowest BCUT2D eigenvalue weighted by Gasteiger charge is -2.01. The lowest BCUT2D eigenvalue weighted by Crippen LogP contribution is -2.25. The lowest BCUT2D eigenvalue weighted by atomic mass is 10.1. The first-order chi connectivity index (χ1) is 12.3. The zero-order valence-electron chi connectivity index (χ0n) is 14.2. The van der Waals surface area contributed by atoms with E-state index in [1.165, 1.54) is 10.9 Å². The number of nitrogens with one attached hydrogen (secondary N) is 2. The fourth-order valence-electron chi connectivity index (χ4n) is 2.67. The molecule has 0 aliphatic rings. The Balaban J connectivity index is 1.48. The van der Waals surface area contributed by atoms with Gasteiger partial charge in [-0.2, -0.15) is 11.8 Å². The molecule has 25 heavy (non-hydrogen) atoms. The van der Waals surface area contributed by atoms with Crippen LogP contribution in [0.5, 0.6) is 0 Å². The van der Waals surface area contributed by atoms with Crippen molar-refractivity contribution in [1.29, 1.82) is 0 Å². The van der Waals surface area contributed by atoms with Gasteiger partial charge in [-0.05, 0) is 24.3 Å². The Kier molecular flexibility index (Phi) is 6.11. The maximum absolute atomic E-state index is 11.7. The van der Waals surface area contributed by atoms with Crippen molar-refractivity contribution in [2.45, 2.75) is 25.7 Å². The number of carbonyl (C=O) groups excluding carboxylic acids is 1. The van der Waals surface area contributed by atoms with Crippen molar-refractivity contribution < 1.29 is 9.21 Å². The van der Waals surface area contributed by atoms with Gasteiger partial charge in [0.05, 0.1) is 0 Å². The topological polar surface area (TPSA) is 83.8 Å². The van der Waals surface area contributed by atoms with Crippen LogP contribution in [0.15, 0.2) is 34.9 Å². The molecule has 0 bridgehead atoms. The van der Waals surface area contributed by atoms with Crippen molar-refractivity contribution in [2.75, 3.05) is 18.6 Å². The summed E-state index contributed by atoms with van der Waals surface area (Å²) in [7, 11) is 0. The number of aromatic nitrogens is 3. The van der Waals surface area contributed by atoms with Gasteiger partial charge < -0.3 is 14.7 Å². The van der Waals surface area contributed by atoms with Gasteiger partial charge in [-0.25, -0.2) is 0 Å². The van der Waals surface area contributed by atoms with Crippen LogP contribution in [0.25, 0.3) is 10.9 Å². The van der Waals surface area contributed by atoms with Crippen LogP contribution in [-0.2, 0) is 24.1 Å². The zero-order valence-corrected chi connectivity index (χ0v) is 15.1. The molecule has 0 saturated carbocycles. The Hall–Kier alpha value is -2.28. The molecule has 2 heterocycles. The molecule has 0 spiro atoms. The van der Waals surface area contributed by atoms with Gasteiger partial charge >= 0.3 is 0 Å². The van der Waals surface area contributed by atoms with Crippen LogP contribution < -0.4 is 5.32 Å². The van der Waals surface area contributed by atoms with Crippen molar-refractivity contribution in [3.8, 4) is 0 Å². The maximum atomic E-state index is 11.7. The van der Waals surface area contributed by atoms with E-state index in [0.29, 0.717) is 37.6 Å². The van der Waals surface area contributed by atoms with Crippen LogP contribution in [-0.4, -0.2) is 39.6 Å². The molecule has 132 valence electrons. The van der Waals surface area contributed by atoms with Crippen molar-refractivity contribution in [2.24, 2.45) is 0 Å². The number of aromatic amines is 1. The fraction of sp³-hybridized carbons (Fsp3) is 0.389. The standard InChI is InChI=1S/C18H22N4O2S/c1-25-11-10-19-16(23)7-9-18-22-21-17(24-18)8-6-13-12-20-15-5-3-2-4-14(13)15/h2-5,12,20H,6-11H2,1H3,(H,19,23). The second-order valence-corrected chi connectivity index (χ2v) is 6.78. The van der Waals surface area contributed by atoms with Crippen LogP contribution in [0.3, 0.4) is 0 Å². The van der Waals surface area contributed by atoms with Crippen molar-refractivity contribution in [1.82, 2.24) is 20.5 Å².